The number of hydrogen-bond donors (Lipinski definition) is 0. The van der Waals surface area contributed by atoms with Crippen molar-refractivity contribution in [1.29, 1.82) is 0 Å². The minimum absolute atomic E-state index is 0.356. The highest BCUT2D eigenvalue weighted by molar-refractivity contribution is 6.62. The van der Waals surface area contributed by atoms with Crippen molar-refractivity contribution in [1.82, 2.24) is 9.80 Å². The van der Waals surface area contributed by atoms with Crippen LogP contribution in [0.2, 0.25) is 0 Å². The van der Waals surface area contributed by atoms with E-state index in [9.17, 15) is 0 Å². The van der Waals surface area contributed by atoms with Crippen LogP contribution in [0.1, 0.15) is 27.7 Å². The van der Waals surface area contributed by atoms with Crippen LogP contribution >= 0.6 is 0 Å². The van der Waals surface area contributed by atoms with E-state index < -0.39 is 0 Å². The summed E-state index contributed by atoms with van der Waals surface area (Å²) >= 11 is 0. The summed E-state index contributed by atoms with van der Waals surface area (Å²) in [5.41, 5.74) is 1.46. The van der Waals surface area contributed by atoms with Crippen molar-refractivity contribution >= 4 is 18.3 Å². The third kappa shape index (κ3) is 5.20. The summed E-state index contributed by atoms with van der Waals surface area (Å²) in [6.07, 6.45) is 0. The zero-order chi connectivity index (χ0) is 22.1. The summed E-state index contributed by atoms with van der Waals surface area (Å²) in [7, 11) is 1.80. The van der Waals surface area contributed by atoms with E-state index in [-0.39, 0.29) is 18.3 Å². The van der Waals surface area contributed by atoms with Gasteiger partial charge in [-0.05, 0) is 52.3 Å². The van der Waals surface area contributed by atoms with Crippen LogP contribution in [0.5, 0.6) is 5.75 Å². The molecule has 1 aromatic rings. The summed E-state index contributed by atoms with van der Waals surface area (Å²) in [5, 5.41) is 0. The van der Waals surface area contributed by atoms with Crippen LogP contribution in [0.4, 0.5) is 5.69 Å². The van der Waals surface area contributed by atoms with Crippen LogP contribution < -0.4 is 15.1 Å². The Morgan fingerprint density at radius 2 is 1.58 bits per heavy atom. The molecule has 0 bridgehead atoms. The number of hydrogen-bond acceptors (Lipinski definition) is 7. The van der Waals surface area contributed by atoms with Gasteiger partial charge in [0.15, 0.2) is 0 Å². The molecule has 1 aromatic carbocycles. The number of nitrogens with zero attached hydrogens (tertiary/aromatic N) is 3. The third-order valence-corrected chi connectivity index (χ3v) is 7.12. The highest BCUT2D eigenvalue weighted by Crippen LogP contribution is 2.37. The molecular formula is C23H38BN3O4. The summed E-state index contributed by atoms with van der Waals surface area (Å²) < 4.78 is 24.4. The third-order valence-electron chi connectivity index (χ3n) is 7.12. The van der Waals surface area contributed by atoms with Crippen LogP contribution in [0.3, 0.4) is 0 Å². The van der Waals surface area contributed by atoms with Crippen molar-refractivity contribution in [3.8, 4) is 5.75 Å². The lowest BCUT2D eigenvalue weighted by Crippen LogP contribution is -2.45. The first-order valence-electron chi connectivity index (χ1n) is 11.6. The molecule has 0 unspecified atom stereocenters. The molecule has 0 radical (unpaired) electrons. The van der Waals surface area contributed by atoms with Crippen molar-refractivity contribution < 1.29 is 18.8 Å². The van der Waals surface area contributed by atoms with E-state index in [4.69, 9.17) is 18.8 Å². The molecule has 0 aliphatic carbocycles. The molecule has 3 aliphatic rings. The van der Waals surface area contributed by atoms with Crippen LogP contribution in [0.25, 0.3) is 0 Å². The molecule has 0 N–H and O–H groups in total. The number of morpholine rings is 1. The van der Waals surface area contributed by atoms with Crippen LogP contribution in [0.15, 0.2) is 18.2 Å². The highest BCUT2D eigenvalue weighted by atomic mass is 16.7. The lowest BCUT2D eigenvalue weighted by molar-refractivity contribution is 0.00578. The van der Waals surface area contributed by atoms with E-state index in [1.165, 1.54) is 0 Å². The lowest BCUT2D eigenvalue weighted by atomic mass is 9.79. The summed E-state index contributed by atoms with van der Waals surface area (Å²) in [6.45, 7) is 17.6. The maximum absolute atomic E-state index is 6.38. The smallest absolute Gasteiger partial charge is 0.490 e. The maximum atomic E-state index is 6.38. The molecule has 7 nitrogen and oxygen atoms in total. The predicted octanol–water partition coefficient (Wildman–Crippen LogP) is 1.45. The number of likely N-dealkylation sites (N-methyl/N-ethyl adjacent to an activating group) is 1. The monoisotopic (exact) mass is 431 g/mol. The number of rotatable bonds is 6. The SMILES string of the molecule is CN1CCN(c2ccc(B3OC(C)(C)C(C)(C)O3)cc2OCCN2CCOCC2)CC1. The molecule has 0 spiro atoms. The first-order valence-corrected chi connectivity index (χ1v) is 11.6. The average molecular weight is 431 g/mol. The van der Waals surface area contributed by atoms with Gasteiger partial charge in [-0.3, -0.25) is 4.90 Å². The van der Waals surface area contributed by atoms with Gasteiger partial charge >= 0.3 is 7.12 Å². The minimum atomic E-state index is -0.381. The molecule has 4 rings (SSSR count). The van der Waals surface area contributed by atoms with Gasteiger partial charge in [-0.25, -0.2) is 0 Å². The number of ether oxygens (including phenoxy) is 2. The second-order valence-corrected chi connectivity index (χ2v) is 9.91. The molecule has 172 valence electrons. The Bertz CT molecular complexity index is 730. The quantitative estimate of drug-likeness (QED) is 0.632. The van der Waals surface area contributed by atoms with Gasteiger partial charge < -0.3 is 28.6 Å². The van der Waals surface area contributed by atoms with Crippen LogP contribution in [0, 0.1) is 0 Å². The molecule has 0 aromatic heterocycles. The summed E-state index contributed by atoms with van der Waals surface area (Å²) in [6, 6.07) is 6.43. The van der Waals surface area contributed by atoms with E-state index in [1.54, 1.807) is 0 Å². The van der Waals surface area contributed by atoms with Crippen LogP contribution in [-0.2, 0) is 14.0 Å². The zero-order valence-electron chi connectivity index (χ0n) is 19.9. The van der Waals surface area contributed by atoms with Gasteiger partial charge in [0.1, 0.15) is 12.4 Å². The average Bonchev–Trinajstić information content (AvgIpc) is 2.96. The molecule has 8 heteroatoms. The van der Waals surface area contributed by atoms with E-state index in [0.29, 0.717) is 6.61 Å². The second kappa shape index (κ2) is 9.28. The fraction of sp³-hybridized carbons (Fsp3) is 0.739. The largest absolute Gasteiger partial charge is 0.494 e. The van der Waals surface area contributed by atoms with Gasteiger partial charge in [-0.2, -0.15) is 0 Å². The Morgan fingerprint density at radius 3 is 2.23 bits per heavy atom. The van der Waals surface area contributed by atoms with E-state index >= 15 is 0 Å². The van der Waals surface area contributed by atoms with Gasteiger partial charge in [0, 0.05) is 45.8 Å². The number of piperazine rings is 1. The molecule has 0 saturated carbocycles. The Hall–Kier alpha value is -1.32. The molecule has 3 fully saturated rings. The van der Waals surface area contributed by atoms with Crippen molar-refractivity contribution in [3.63, 3.8) is 0 Å². The summed E-state index contributed by atoms with van der Waals surface area (Å²) in [4.78, 5) is 7.20. The zero-order valence-corrected chi connectivity index (χ0v) is 19.9. The van der Waals surface area contributed by atoms with Gasteiger partial charge in [0.05, 0.1) is 30.1 Å². The van der Waals surface area contributed by atoms with Gasteiger partial charge in [0.2, 0.25) is 0 Å². The Labute approximate surface area is 187 Å². The Morgan fingerprint density at radius 1 is 0.935 bits per heavy atom. The Balaban J connectivity index is 1.51. The highest BCUT2D eigenvalue weighted by Gasteiger charge is 2.51. The standard InChI is InChI=1S/C23H38BN3O4/c1-22(2)23(3,4)31-24(30-22)19-6-7-20(27-10-8-25(5)9-11-27)21(18-19)29-17-14-26-12-15-28-16-13-26/h6-7,18H,8-17H2,1-5H3. The van der Waals surface area contributed by atoms with Gasteiger partial charge in [-0.1, -0.05) is 6.07 Å². The molecule has 0 amide bonds. The fourth-order valence-corrected chi connectivity index (χ4v) is 4.19. The summed E-state index contributed by atoms with van der Waals surface area (Å²) in [5.74, 6) is 0.921. The second-order valence-electron chi connectivity index (χ2n) is 9.91. The van der Waals surface area contributed by atoms with Gasteiger partial charge in [-0.15, -0.1) is 0 Å². The molecule has 3 heterocycles. The maximum Gasteiger partial charge on any atom is 0.494 e. The molecule has 3 aliphatic heterocycles. The van der Waals surface area contributed by atoms with Crippen molar-refractivity contribution in [2.45, 2.75) is 38.9 Å². The van der Waals surface area contributed by atoms with Crippen molar-refractivity contribution in [3.05, 3.63) is 18.2 Å². The van der Waals surface area contributed by atoms with Gasteiger partial charge in [0.25, 0.3) is 0 Å². The fourth-order valence-electron chi connectivity index (χ4n) is 4.19. The van der Waals surface area contributed by atoms with E-state index in [1.807, 2.05) is 0 Å². The normalized spacial score (nSPS) is 24.5. The van der Waals surface area contributed by atoms with E-state index in [2.05, 4.69) is 67.6 Å². The molecule has 3 saturated heterocycles. The minimum Gasteiger partial charge on any atom is -0.490 e. The molecular weight excluding hydrogens is 393 g/mol. The number of anilines is 1. The first kappa shape index (κ1) is 22.9. The van der Waals surface area contributed by atoms with Crippen molar-refractivity contribution in [2.24, 2.45) is 0 Å². The first-order chi connectivity index (χ1) is 14.7. The van der Waals surface area contributed by atoms with Crippen molar-refractivity contribution in [2.75, 3.05) is 77.6 Å². The number of benzene rings is 1. The Kier molecular flexibility index (Phi) is 6.84. The molecule has 0 atom stereocenters. The van der Waals surface area contributed by atoms with E-state index in [0.717, 1.165) is 75.9 Å². The predicted molar refractivity (Wildman–Crippen MR) is 125 cm³/mol. The molecule has 31 heavy (non-hydrogen) atoms. The van der Waals surface area contributed by atoms with Crippen LogP contribution in [-0.4, -0.2) is 101 Å². The topological polar surface area (TPSA) is 46.6 Å². The lowest BCUT2D eigenvalue weighted by Gasteiger charge is -2.35.